The first-order valence-corrected chi connectivity index (χ1v) is 10.1. The van der Waals surface area contributed by atoms with E-state index in [9.17, 15) is 4.79 Å². The number of hydrogen-bond donors (Lipinski definition) is 0. The third kappa shape index (κ3) is 3.93. The number of benzene rings is 1. The van der Waals surface area contributed by atoms with Gasteiger partial charge in [-0.1, -0.05) is 44.4 Å². The summed E-state index contributed by atoms with van der Waals surface area (Å²) in [5.74, 6) is 0.772. The minimum absolute atomic E-state index is 0.106. The number of hydrogen-bond acceptors (Lipinski definition) is 4. The van der Waals surface area contributed by atoms with E-state index in [1.54, 1.807) is 0 Å². The van der Waals surface area contributed by atoms with Crippen molar-refractivity contribution in [3.8, 4) is 0 Å². The molecule has 0 atom stereocenters. The standard InChI is InChI=1S/C22H32N4O/c1-6-8-9-12-24-14-25(20-11-10-16(3)13-17(20)4)22-23-18(5)19(7-2)21(27)26(22)15-24/h10-11,13H,6-9,12,14-15H2,1-5H3. The average Bonchev–Trinajstić information content (AvgIpc) is 2.63. The molecule has 27 heavy (non-hydrogen) atoms. The highest BCUT2D eigenvalue weighted by molar-refractivity contribution is 5.63. The molecule has 0 amide bonds. The molecule has 3 rings (SSSR count). The van der Waals surface area contributed by atoms with Gasteiger partial charge in [-0.2, -0.15) is 0 Å². The molecule has 0 unspecified atom stereocenters. The lowest BCUT2D eigenvalue weighted by Crippen LogP contribution is -2.48. The van der Waals surface area contributed by atoms with Crippen LogP contribution in [0.2, 0.25) is 0 Å². The molecule has 146 valence electrons. The highest BCUT2D eigenvalue weighted by atomic mass is 16.1. The average molecular weight is 369 g/mol. The summed E-state index contributed by atoms with van der Waals surface area (Å²) in [5.41, 5.74) is 5.37. The molecule has 1 aliphatic rings. The molecule has 2 heterocycles. The van der Waals surface area contributed by atoms with E-state index >= 15 is 0 Å². The lowest BCUT2D eigenvalue weighted by molar-refractivity contribution is 0.194. The number of aromatic nitrogens is 2. The third-order valence-electron chi connectivity index (χ3n) is 5.45. The van der Waals surface area contributed by atoms with Gasteiger partial charge in [0.25, 0.3) is 5.56 Å². The minimum Gasteiger partial charge on any atom is -0.298 e. The fourth-order valence-corrected chi connectivity index (χ4v) is 3.95. The maximum absolute atomic E-state index is 13.1. The summed E-state index contributed by atoms with van der Waals surface area (Å²) >= 11 is 0. The van der Waals surface area contributed by atoms with E-state index in [0.29, 0.717) is 6.67 Å². The van der Waals surface area contributed by atoms with Crippen molar-refractivity contribution in [1.29, 1.82) is 0 Å². The van der Waals surface area contributed by atoms with Crippen molar-refractivity contribution in [2.75, 3.05) is 18.1 Å². The van der Waals surface area contributed by atoms with E-state index in [-0.39, 0.29) is 5.56 Å². The summed E-state index contributed by atoms with van der Waals surface area (Å²) in [6, 6.07) is 6.48. The molecule has 0 aliphatic carbocycles. The molecule has 0 bridgehead atoms. The summed E-state index contributed by atoms with van der Waals surface area (Å²) < 4.78 is 1.86. The Morgan fingerprint density at radius 2 is 1.85 bits per heavy atom. The van der Waals surface area contributed by atoms with Gasteiger partial charge in [-0.15, -0.1) is 0 Å². The molecule has 5 nitrogen and oxygen atoms in total. The number of rotatable bonds is 6. The van der Waals surface area contributed by atoms with E-state index in [2.05, 4.69) is 48.8 Å². The summed E-state index contributed by atoms with van der Waals surface area (Å²) in [5, 5.41) is 0. The van der Waals surface area contributed by atoms with Crippen LogP contribution in [0.4, 0.5) is 11.6 Å². The van der Waals surface area contributed by atoms with Crippen LogP contribution < -0.4 is 10.5 Å². The van der Waals surface area contributed by atoms with E-state index in [0.717, 1.165) is 48.9 Å². The monoisotopic (exact) mass is 368 g/mol. The second-order valence-electron chi connectivity index (χ2n) is 7.66. The van der Waals surface area contributed by atoms with Crippen molar-refractivity contribution >= 4 is 11.6 Å². The van der Waals surface area contributed by atoms with Gasteiger partial charge in [-0.3, -0.25) is 19.2 Å². The van der Waals surface area contributed by atoms with Crippen LogP contribution in [0, 0.1) is 20.8 Å². The minimum atomic E-state index is 0.106. The maximum Gasteiger partial charge on any atom is 0.259 e. The SMILES string of the molecule is CCCCCN1CN(c2ccc(C)cc2C)c2nc(C)c(CC)c(=O)n2C1. The first kappa shape index (κ1) is 19.6. The van der Waals surface area contributed by atoms with E-state index in [1.165, 1.54) is 24.0 Å². The Hall–Kier alpha value is -2.14. The molecule has 0 saturated carbocycles. The van der Waals surface area contributed by atoms with Crippen molar-refractivity contribution < 1.29 is 0 Å². The molecule has 1 aromatic carbocycles. The zero-order chi connectivity index (χ0) is 19.6. The Morgan fingerprint density at radius 1 is 1.07 bits per heavy atom. The predicted molar refractivity (Wildman–Crippen MR) is 112 cm³/mol. The topological polar surface area (TPSA) is 41.4 Å². The van der Waals surface area contributed by atoms with Crippen molar-refractivity contribution in [1.82, 2.24) is 14.5 Å². The molecule has 0 N–H and O–H groups in total. The molecule has 0 fully saturated rings. The van der Waals surface area contributed by atoms with Gasteiger partial charge in [0.05, 0.1) is 13.3 Å². The summed E-state index contributed by atoms with van der Waals surface area (Å²) in [4.78, 5) is 22.6. The Bertz CT molecular complexity index is 871. The molecule has 5 heteroatoms. The van der Waals surface area contributed by atoms with E-state index in [4.69, 9.17) is 4.98 Å². The van der Waals surface area contributed by atoms with Gasteiger partial charge in [0.1, 0.15) is 0 Å². The Morgan fingerprint density at radius 3 is 2.52 bits per heavy atom. The van der Waals surface area contributed by atoms with Crippen molar-refractivity contribution in [3.63, 3.8) is 0 Å². The predicted octanol–water partition coefficient (Wildman–Crippen LogP) is 4.29. The number of fused-ring (bicyclic) bond motifs is 1. The maximum atomic E-state index is 13.1. The summed E-state index contributed by atoms with van der Waals surface area (Å²) in [7, 11) is 0. The summed E-state index contributed by atoms with van der Waals surface area (Å²) in [6.45, 7) is 12.8. The fraction of sp³-hybridized carbons (Fsp3) is 0.545. The van der Waals surface area contributed by atoms with Gasteiger partial charge in [-0.25, -0.2) is 4.98 Å². The largest absolute Gasteiger partial charge is 0.298 e. The van der Waals surface area contributed by atoms with Crippen molar-refractivity contribution in [2.45, 2.75) is 67.0 Å². The van der Waals surface area contributed by atoms with Gasteiger partial charge in [0, 0.05) is 23.5 Å². The van der Waals surface area contributed by atoms with Crippen molar-refractivity contribution in [3.05, 3.63) is 50.9 Å². The molecule has 0 spiro atoms. The number of unbranched alkanes of at least 4 members (excludes halogenated alkanes) is 2. The lowest BCUT2D eigenvalue weighted by Gasteiger charge is -2.39. The number of nitrogens with zero attached hydrogens (tertiary/aromatic N) is 4. The third-order valence-corrected chi connectivity index (χ3v) is 5.45. The Balaban J connectivity index is 2.08. The molecule has 0 saturated heterocycles. The molecular formula is C22H32N4O. The van der Waals surface area contributed by atoms with Crippen LogP contribution in [-0.4, -0.2) is 27.7 Å². The second-order valence-corrected chi connectivity index (χ2v) is 7.66. The van der Waals surface area contributed by atoms with Gasteiger partial charge in [0.15, 0.2) is 0 Å². The quantitative estimate of drug-likeness (QED) is 0.713. The normalized spacial score (nSPS) is 14.5. The number of anilines is 2. The fourth-order valence-electron chi connectivity index (χ4n) is 3.95. The molecule has 1 aliphatic heterocycles. The molecular weight excluding hydrogens is 336 g/mol. The summed E-state index contributed by atoms with van der Waals surface area (Å²) in [6.07, 6.45) is 4.29. The van der Waals surface area contributed by atoms with Gasteiger partial charge >= 0.3 is 0 Å². The molecule has 1 aromatic heterocycles. The Kier molecular flexibility index (Phi) is 6.00. The van der Waals surface area contributed by atoms with E-state index in [1.807, 2.05) is 18.4 Å². The zero-order valence-electron chi connectivity index (χ0n) is 17.4. The van der Waals surface area contributed by atoms with Crippen LogP contribution >= 0.6 is 0 Å². The van der Waals surface area contributed by atoms with Crippen LogP contribution in [0.3, 0.4) is 0 Å². The molecule has 0 radical (unpaired) electrons. The van der Waals surface area contributed by atoms with Crippen LogP contribution in [0.15, 0.2) is 23.0 Å². The van der Waals surface area contributed by atoms with Crippen molar-refractivity contribution in [2.24, 2.45) is 0 Å². The smallest absolute Gasteiger partial charge is 0.259 e. The second kappa shape index (κ2) is 8.26. The van der Waals surface area contributed by atoms with Crippen LogP contribution in [0.1, 0.15) is 55.5 Å². The van der Waals surface area contributed by atoms with Crippen LogP contribution in [0.5, 0.6) is 0 Å². The number of aryl methyl sites for hydroxylation is 3. The van der Waals surface area contributed by atoms with Gasteiger partial charge in [-0.05, 0) is 45.2 Å². The highest BCUT2D eigenvalue weighted by Gasteiger charge is 2.28. The van der Waals surface area contributed by atoms with E-state index < -0.39 is 0 Å². The first-order chi connectivity index (χ1) is 13.0. The lowest BCUT2D eigenvalue weighted by atomic mass is 10.1. The van der Waals surface area contributed by atoms with Gasteiger partial charge < -0.3 is 0 Å². The van der Waals surface area contributed by atoms with Crippen LogP contribution in [-0.2, 0) is 13.1 Å². The highest BCUT2D eigenvalue weighted by Crippen LogP contribution is 2.30. The molecule has 2 aromatic rings. The Labute approximate surface area is 162 Å². The first-order valence-electron chi connectivity index (χ1n) is 10.1. The zero-order valence-corrected chi connectivity index (χ0v) is 17.4. The van der Waals surface area contributed by atoms with Crippen LogP contribution in [0.25, 0.3) is 0 Å². The van der Waals surface area contributed by atoms with Gasteiger partial charge in [0.2, 0.25) is 5.95 Å².